The first-order valence-electron chi connectivity index (χ1n) is 28.6. The van der Waals surface area contributed by atoms with Crippen LogP contribution in [-0.2, 0) is 30.4 Å². The maximum absolute atomic E-state index is 14.1. The van der Waals surface area contributed by atoms with E-state index in [1.54, 1.807) is 65.8 Å². The van der Waals surface area contributed by atoms with Gasteiger partial charge in [0.1, 0.15) is 30.6 Å². The van der Waals surface area contributed by atoms with Crippen LogP contribution < -0.4 is 40.4 Å². The van der Waals surface area contributed by atoms with Crippen LogP contribution in [-0.4, -0.2) is 165 Å². The first-order valence-corrected chi connectivity index (χ1v) is 29.1. The Hall–Kier alpha value is -7.82. The summed E-state index contributed by atoms with van der Waals surface area (Å²) in [5.74, 6) is 0.0546. The highest BCUT2D eigenvalue weighted by atomic mass is 35.5. The number of nitrogens with one attached hydrogen (secondary N) is 4. The number of ether oxygens (including phenoxy) is 6. The first-order chi connectivity index (χ1) is 40.4. The lowest BCUT2D eigenvalue weighted by atomic mass is 9.95. The number of alkyl carbamates (subject to hydrolysis) is 2. The van der Waals surface area contributed by atoms with Crippen molar-refractivity contribution in [1.29, 1.82) is 0 Å². The van der Waals surface area contributed by atoms with E-state index in [0.29, 0.717) is 106 Å². The number of methoxy groups -OCH3 is 1. The molecule has 3 heterocycles. The molecule has 0 spiro atoms. The Kier molecular flexibility index (Phi) is 23.3. The topological polar surface area (TPSA) is 256 Å². The minimum Gasteiger partial charge on any atom is -0.493 e. The van der Waals surface area contributed by atoms with Gasteiger partial charge in [0.05, 0.1) is 43.3 Å². The molecule has 3 unspecified atom stereocenters. The molecule has 7 amide bonds. The molecule has 0 aliphatic carbocycles. The molecule has 3 atom stereocenters. The number of rotatable bonds is 25. The van der Waals surface area contributed by atoms with Gasteiger partial charge in [-0.2, -0.15) is 0 Å². The lowest BCUT2D eigenvalue weighted by Crippen LogP contribution is -2.48. The molecule has 84 heavy (non-hydrogen) atoms. The zero-order valence-electron chi connectivity index (χ0n) is 48.6. The number of likely N-dealkylation sites (tertiary alicyclic amines) is 1. The Morgan fingerprint density at radius 3 is 2.29 bits per heavy atom. The number of amides is 7. The summed E-state index contributed by atoms with van der Waals surface area (Å²) in [4.78, 5) is 100. The Bertz CT molecular complexity index is 2970. The second-order valence-electron chi connectivity index (χ2n) is 21.9. The molecule has 3 aliphatic heterocycles. The van der Waals surface area contributed by atoms with E-state index in [1.165, 1.54) is 25.3 Å². The van der Waals surface area contributed by atoms with Crippen LogP contribution in [0.1, 0.15) is 106 Å². The van der Waals surface area contributed by atoms with Gasteiger partial charge >= 0.3 is 24.4 Å². The Labute approximate surface area is 495 Å². The van der Waals surface area contributed by atoms with E-state index >= 15 is 0 Å². The zero-order valence-corrected chi connectivity index (χ0v) is 49.4. The molecule has 0 bridgehead atoms. The maximum atomic E-state index is 14.1. The highest BCUT2D eigenvalue weighted by Gasteiger charge is 2.36. The number of aliphatic hydroxyl groups is 1. The van der Waals surface area contributed by atoms with Crippen molar-refractivity contribution in [3.05, 3.63) is 96.1 Å². The van der Waals surface area contributed by atoms with Crippen LogP contribution in [0, 0.1) is 0 Å². The molecule has 4 aromatic rings. The fourth-order valence-electron chi connectivity index (χ4n) is 10.2. The van der Waals surface area contributed by atoms with Crippen LogP contribution in [0.2, 0.25) is 0 Å². The average molecular weight is 1180 g/mol. The summed E-state index contributed by atoms with van der Waals surface area (Å²) < 4.78 is 33.9. The molecule has 4 aromatic carbocycles. The number of likely N-dealkylation sites (N-methyl/N-ethyl adjacent to an activating group) is 1. The summed E-state index contributed by atoms with van der Waals surface area (Å²) in [6, 6.07) is 17.6. The van der Waals surface area contributed by atoms with Crippen LogP contribution in [0.15, 0.2) is 79.4 Å². The van der Waals surface area contributed by atoms with Crippen molar-refractivity contribution in [3.8, 4) is 17.2 Å². The lowest BCUT2D eigenvalue weighted by Gasteiger charge is -2.31. The van der Waals surface area contributed by atoms with Gasteiger partial charge in [-0.25, -0.2) is 19.2 Å². The number of piperazine rings is 1. The molecular formula is C61H79ClN8O14. The quantitative estimate of drug-likeness (QED) is 0.0179. The third-order valence-electron chi connectivity index (χ3n) is 14.6. The number of aliphatic hydroxyl groups excluding tert-OH is 1. The highest BCUT2D eigenvalue weighted by Crippen LogP contribution is 2.46. The SMILES string of the molecule is C=CCOC(=O)NC(CCCCNC(=O)OC(C)(C)C)C(=O)Nc1ccc(COC(=O)Nc2cc(OCCCCCC(=O)N3CC(CCl)c4c3cc(OC(=O)N3CCN(C)CC3)c3ccccc43)c(OC)cc2C(=O)N2CCCC2CO)cc1. The molecule has 2 fully saturated rings. The van der Waals surface area contributed by atoms with E-state index in [9.17, 15) is 38.7 Å². The smallest absolute Gasteiger partial charge is 0.415 e. The molecule has 0 radical (unpaired) electrons. The van der Waals surface area contributed by atoms with Crippen molar-refractivity contribution in [2.24, 2.45) is 0 Å². The summed E-state index contributed by atoms with van der Waals surface area (Å²) >= 11 is 6.54. The van der Waals surface area contributed by atoms with Crippen LogP contribution >= 0.6 is 11.6 Å². The number of fused-ring (bicyclic) bond motifs is 3. The largest absolute Gasteiger partial charge is 0.493 e. The van der Waals surface area contributed by atoms with E-state index < -0.39 is 53.9 Å². The van der Waals surface area contributed by atoms with Crippen LogP contribution in [0.3, 0.4) is 0 Å². The second kappa shape index (κ2) is 30.6. The number of halogens is 1. The molecule has 2 saturated heterocycles. The third-order valence-corrected chi connectivity index (χ3v) is 15.0. The van der Waals surface area contributed by atoms with Gasteiger partial charge < -0.3 is 69.1 Å². The summed E-state index contributed by atoms with van der Waals surface area (Å²) in [5, 5.41) is 22.5. The molecule has 7 rings (SSSR count). The number of carbonyl (C=O) groups is 7. The van der Waals surface area contributed by atoms with Crippen molar-refractivity contribution in [2.75, 3.05) is 101 Å². The van der Waals surface area contributed by atoms with Crippen LogP contribution in [0.4, 0.5) is 36.2 Å². The van der Waals surface area contributed by atoms with Crippen molar-refractivity contribution in [1.82, 2.24) is 25.3 Å². The maximum Gasteiger partial charge on any atom is 0.415 e. The second-order valence-corrected chi connectivity index (χ2v) is 22.3. The number of hydrogen-bond acceptors (Lipinski definition) is 15. The van der Waals surface area contributed by atoms with Gasteiger partial charge in [0.25, 0.3) is 5.91 Å². The Balaban J connectivity index is 0.944. The number of unbranched alkanes of at least 4 members (excludes halogenated alkanes) is 3. The van der Waals surface area contributed by atoms with Gasteiger partial charge in [0, 0.05) is 87.2 Å². The molecule has 0 saturated carbocycles. The third kappa shape index (κ3) is 17.6. The van der Waals surface area contributed by atoms with E-state index in [-0.39, 0.29) is 73.8 Å². The van der Waals surface area contributed by atoms with Crippen molar-refractivity contribution in [3.63, 3.8) is 0 Å². The molecule has 23 heteroatoms. The van der Waals surface area contributed by atoms with Crippen molar-refractivity contribution < 1.29 is 67.1 Å². The van der Waals surface area contributed by atoms with E-state index in [0.717, 1.165) is 29.4 Å². The number of benzene rings is 4. The highest BCUT2D eigenvalue weighted by molar-refractivity contribution is 6.19. The standard InChI is InChI=1S/C61H79ClN8O14/c1-7-31-81-58(76)65-47(19-12-13-25-63-57(75)84-61(2,3)4)55(73)64-42-23-21-40(22-24-42)39-82-59(77)66-48-34-52(51(79-6)33-46(48)56(74)69-26-15-16-43(69)38-71)80-32-14-8-9-20-53(72)70-37-41(36-62)54-45-18-11-10-17-44(45)50(35-49(54)70)83-60(78)68-29-27-67(5)28-30-68/h7,10-11,17-18,21-24,33-35,41,43,47,71H,1,8-9,12-16,19-20,25-32,36-39H2,2-6H3,(H,63,75)(H,64,73)(H,65,76)(H,66,77). The van der Waals surface area contributed by atoms with Gasteiger partial charge in [-0.1, -0.05) is 49.1 Å². The summed E-state index contributed by atoms with van der Waals surface area (Å²) in [7, 11) is 3.46. The van der Waals surface area contributed by atoms with Gasteiger partial charge in [0.2, 0.25) is 11.8 Å². The molecule has 454 valence electrons. The van der Waals surface area contributed by atoms with Gasteiger partial charge in [0.15, 0.2) is 11.5 Å². The average Bonchev–Trinajstić information content (AvgIpc) is 1.97. The summed E-state index contributed by atoms with van der Waals surface area (Å²) in [5.41, 5.74) is 2.15. The minimum absolute atomic E-state index is 0.0524. The molecule has 22 nitrogen and oxygen atoms in total. The monoisotopic (exact) mass is 1180 g/mol. The molecule has 3 aliphatic rings. The van der Waals surface area contributed by atoms with Crippen LogP contribution in [0.5, 0.6) is 17.2 Å². The van der Waals surface area contributed by atoms with Gasteiger partial charge in [-0.3, -0.25) is 19.7 Å². The van der Waals surface area contributed by atoms with Crippen molar-refractivity contribution in [2.45, 2.75) is 109 Å². The van der Waals surface area contributed by atoms with Gasteiger partial charge in [-0.15, -0.1) is 11.6 Å². The number of nitrogens with zero attached hydrogens (tertiary/aromatic N) is 4. The fourth-order valence-corrected chi connectivity index (χ4v) is 10.5. The van der Waals surface area contributed by atoms with E-state index in [1.807, 2.05) is 31.3 Å². The van der Waals surface area contributed by atoms with Crippen molar-refractivity contribution >= 4 is 81.5 Å². The van der Waals surface area contributed by atoms with Crippen LogP contribution in [0.25, 0.3) is 10.8 Å². The number of carbonyl (C=O) groups excluding carboxylic acids is 7. The predicted octanol–water partition coefficient (Wildman–Crippen LogP) is 9.16. The Morgan fingerprint density at radius 1 is 0.833 bits per heavy atom. The zero-order chi connectivity index (χ0) is 60.3. The Morgan fingerprint density at radius 2 is 1.58 bits per heavy atom. The summed E-state index contributed by atoms with van der Waals surface area (Å²) in [6.07, 6.45) is 3.22. The van der Waals surface area contributed by atoms with E-state index in [4.69, 9.17) is 40.0 Å². The minimum atomic E-state index is -0.976. The number of alkyl halides is 1. The lowest BCUT2D eigenvalue weighted by molar-refractivity contribution is -0.119. The first kappa shape index (κ1) is 63.8. The predicted molar refractivity (Wildman–Crippen MR) is 318 cm³/mol. The van der Waals surface area contributed by atoms with E-state index in [2.05, 4.69) is 32.7 Å². The van der Waals surface area contributed by atoms with Gasteiger partial charge in [-0.05, 0) is 114 Å². The molecule has 0 aromatic heterocycles. The number of anilines is 3. The normalized spacial score (nSPS) is 16.2. The molecule has 5 N–H and O–H groups in total. The fraction of sp³-hybridized carbons (Fsp3) is 0.492. The molecular weight excluding hydrogens is 1100 g/mol. The summed E-state index contributed by atoms with van der Waals surface area (Å²) in [6.45, 7) is 12.3. The number of hydrogen-bond donors (Lipinski definition) is 5.